The maximum Gasteiger partial charge on any atom is 0.221 e. The summed E-state index contributed by atoms with van der Waals surface area (Å²) in [6.07, 6.45) is 0. The molecule has 4 nitrogen and oxygen atoms in total. The Labute approximate surface area is 118 Å². The summed E-state index contributed by atoms with van der Waals surface area (Å²) < 4.78 is 0. The Morgan fingerprint density at radius 1 is 1.15 bits per heavy atom. The van der Waals surface area contributed by atoms with Crippen LogP contribution in [-0.4, -0.2) is 11.0 Å². The molecule has 0 heterocycles. The van der Waals surface area contributed by atoms with Gasteiger partial charge in [0, 0.05) is 24.8 Å². The molecule has 0 saturated heterocycles. The molecule has 0 unspecified atom stereocenters. The quantitative estimate of drug-likeness (QED) is 0.799. The molecule has 2 aromatic carbocycles. The molecular formula is C16H18N2O2. The summed E-state index contributed by atoms with van der Waals surface area (Å²) in [5, 5.41) is 15.3. The molecule has 2 rings (SSSR count). The molecule has 0 saturated carbocycles. The molecule has 0 atom stereocenters. The summed E-state index contributed by atoms with van der Waals surface area (Å²) in [6, 6.07) is 12.9. The van der Waals surface area contributed by atoms with Gasteiger partial charge in [-0.2, -0.15) is 0 Å². The number of hydrogen-bond donors (Lipinski definition) is 3. The Hall–Kier alpha value is -2.49. The van der Waals surface area contributed by atoms with Crippen molar-refractivity contribution >= 4 is 17.3 Å². The number of rotatable bonds is 4. The summed E-state index contributed by atoms with van der Waals surface area (Å²) in [5.74, 6) is 0.181. The zero-order valence-corrected chi connectivity index (χ0v) is 11.6. The Bertz CT molecular complexity index is 606. The number of carbonyl (C=O) groups excluding carboxylic acids is 1. The van der Waals surface area contributed by atoms with Crippen LogP contribution in [0.5, 0.6) is 5.75 Å². The molecular weight excluding hydrogens is 252 g/mol. The fraction of sp³-hybridized carbons (Fsp3) is 0.188. The summed E-state index contributed by atoms with van der Waals surface area (Å²) >= 11 is 0. The lowest BCUT2D eigenvalue weighted by atomic mass is 10.1. The van der Waals surface area contributed by atoms with Crippen molar-refractivity contribution in [1.29, 1.82) is 0 Å². The second kappa shape index (κ2) is 6.10. The number of amides is 1. The highest BCUT2D eigenvalue weighted by atomic mass is 16.3. The minimum absolute atomic E-state index is 0.0798. The second-order valence-corrected chi connectivity index (χ2v) is 4.73. The number of aryl methyl sites for hydroxylation is 1. The van der Waals surface area contributed by atoms with Crippen LogP contribution in [0.15, 0.2) is 42.5 Å². The first-order valence-electron chi connectivity index (χ1n) is 6.44. The first kappa shape index (κ1) is 13.9. The molecule has 0 radical (unpaired) electrons. The van der Waals surface area contributed by atoms with Crippen molar-refractivity contribution in [3.05, 3.63) is 53.6 Å². The van der Waals surface area contributed by atoms with E-state index in [0.717, 1.165) is 22.5 Å². The molecule has 0 bridgehead atoms. The van der Waals surface area contributed by atoms with E-state index in [4.69, 9.17) is 0 Å². The predicted molar refractivity (Wildman–Crippen MR) is 80.9 cm³/mol. The lowest BCUT2D eigenvalue weighted by Crippen LogP contribution is -2.08. The maximum atomic E-state index is 11.1. The minimum Gasteiger partial charge on any atom is -0.508 e. The van der Waals surface area contributed by atoms with Gasteiger partial charge in [-0.05, 0) is 42.3 Å². The molecule has 3 N–H and O–H groups in total. The third-order valence-electron chi connectivity index (χ3n) is 2.98. The van der Waals surface area contributed by atoms with Crippen LogP contribution >= 0.6 is 0 Å². The van der Waals surface area contributed by atoms with E-state index in [1.807, 2.05) is 37.3 Å². The van der Waals surface area contributed by atoms with Crippen molar-refractivity contribution in [3.63, 3.8) is 0 Å². The normalized spacial score (nSPS) is 10.1. The molecule has 4 heteroatoms. The van der Waals surface area contributed by atoms with Gasteiger partial charge in [-0.15, -0.1) is 0 Å². The number of phenolic OH excluding ortho intramolecular Hbond substituents is 1. The number of benzene rings is 2. The van der Waals surface area contributed by atoms with E-state index < -0.39 is 0 Å². The van der Waals surface area contributed by atoms with Crippen LogP contribution in [0.25, 0.3) is 0 Å². The Morgan fingerprint density at radius 2 is 1.85 bits per heavy atom. The number of phenols is 1. The van der Waals surface area contributed by atoms with E-state index in [0.29, 0.717) is 6.54 Å². The molecule has 104 valence electrons. The summed E-state index contributed by atoms with van der Waals surface area (Å²) in [7, 11) is 0. The summed E-state index contributed by atoms with van der Waals surface area (Å²) in [5.41, 5.74) is 3.85. The van der Waals surface area contributed by atoms with E-state index in [1.165, 1.54) is 6.92 Å². The second-order valence-electron chi connectivity index (χ2n) is 4.73. The number of hydrogen-bond acceptors (Lipinski definition) is 3. The van der Waals surface area contributed by atoms with Crippen molar-refractivity contribution in [2.45, 2.75) is 20.4 Å². The van der Waals surface area contributed by atoms with Crippen LogP contribution < -0.4 is 10.6 Å². The molecule has 0 aliphatic rings. The predicted octanol–water partition coefficient (Wildman–Crippen LogP) is 3.27. The van der Waals surface area contributed by atoms with Crippen molar-refractivity contribution in [3.8, 4) is 5.75 Å². The van der Waals surface area contributed by atoms with Crippen LogP contribution in [0, 0.1) is 6.92 Å². The lowest BCUT2D eigenvalue weighted by molar-refractivity contribution is -0.114. The zero-order chi connectivity index (χ0) is 14.5. The number of anilines is 2. The molecule has 0 aliphatic carbocycles. The average molecular weight is 270 g/mol. The van der Waals surface area contributed by atoms with Crippen LogP contribution in [-0.2, 0) is 11.3 Å². The van der Waals surface area contributed by atoms with Crippen LogP contribution in [0.2, 0.25) is 0 Å². The number of aromatic hydroxyl groups is 1. The molecule has 0 fully saturated rings. The number of carbonyl (C=O) groups is 1. The standard InChI is InChI=1S/C16H18N2O2/c1-11-3-6-14(9-16(11)18-12(2)19)17-10-13-4-7-15(20)8-5-13/h3-9,17,20H,10H2,1-2H3,(H,18,19). The molecule has 0 aromatic heterocycles. The topological polar surface area (TPSA) is 61.4 Å². The minimum atomic E-state index is -0.0798. The average Bonchev–Trinajstić information content (AvgIpc) is 2.41. The van der Waals surface area contributed by atoms with Gasteiger partial charge in [0.2, 0.25) is 5.91 Å². The van der Waals surface area contributed by atoms with Gasteiger partial charge < -0.3 is 15.7 Å². The first-order valence-corrected chi connectivity index (χ1v) is 6.44. The third kappa shape index (κ3) is 3.75. The summed E-state index contributed by atoms with van der Waals surface area (Å²) in [6.45, 7) is 4.11. The van der Waals surface area contributed by atoms with Crippen LogP contribution in [0.1, 0.15) is 18.1 Å². The van der Waals surface area contributed by atoms with E-state index >= 15 is 0 Å². The van der Waals surface area contributed by atoms with Crippen molar-refractivity contribution in [2.24, 2.45) is 0 Å². The monoisotopic (exact) mass is 270 g/mol. The van der Waals surface area contributed by atoms with Crippen molar-refractivity contribution in [2.75, 3.05) is 10.6 Å². The van der Waals surface area contributed by atoms with Gasteiger partial charge in [-0.3, -0.25) is 4.79 Å². The highest BCUT2D eigenvalue weighted by molar-refractivity contribution is 5.90. The van der Waals surface area contributed by atoms with E-state index in [2.05, 4.69) is 10.6 Å². The molecule has 2 aromatic rings. The van der Waals surface area contributed by atoms with Gasteiger partial charge in [0.15, 0.2) is 0 Å². The maximum absolute atomic E-state index is 11.1. The highest BCUT2D eigenvalue weighted by Gasteiger charge is 2.02. The van der Waals surface area contributed by atoms with Crippen LogP contribution in [0.3, 0.4) is 0 Å². The molecule has 0 aliphatic heterocycles. The lowest BCUT2D eigenvalue weighted by Gasteiger charge is -2.11. The summed E-state index contributed by atoms with van der Waals surface area (Å²) in [4.78, 5) is 11.1. The van der Waals surface area contributed by atoms with Gasteiger partial charge in [0.1, 0.15) is 5.75 Å². The first-order chi connectivity index (χ1) is 9.54. The van der Waals surface area contributed by atoms with E-state index in [1.54, 1.807) is 12.1 Å². The highest BCUT2D eigenvalue weighted by Crippen LogP contribution is 2.21. The van der Waals surface area contributed by atoms with Gasteiger partial charge in [-0.1, -0.05) is 18.2 Å². The number of nitrogens with one attached hydrogen (secondary N) is 2. The van der Waals surface area contributed by atoms with Crippen molar-refractivity contribution < 1.29 is 9.90 Å². The van der Waals surface area contributed by atoms with Gasteiger partial charge in [-0.25, -0.2) is 0 Å². The fourth-order valence-electron chi connectivity index (χ4n) is 1.87. The van der Waals surface area contributed by atoms with Crippen LogP contribution in [0.4, 0.5) is 11.4 Å². The van der Waals surface area contributed by atoms with Gasteiger partial charge >= 0.3 is 0 Å². The zero-order valence-electron chi connectivity index (χ0n) is 11.6. The molecule has 0 spiro atoms. The fourth-order valence-corrected chi connectivity index (χ4v) is 1.87. The van der Waals surface area contributed by atoms with Crippen molar-refractivity contribution in [1.82, 2.24) is 0 Å². The largest absolute Gasteiger partial charge is 0.508 e. The SMILES string of the molecule is CC(=O)Nc1cc(NCc2ccc(O)cc2)ccc1C. The van der Waals surface area contributed by atoms with Gasteiger partial charge in [0.25, 0.3) is 0 Å². The van der Waals surface area contributed by atoms with Gasteiger partial charge in [0.05, 0.1) is 0 Å². The molecule has 1 amide bonds. The van der Waals surface area contributed by atoms with E-state index in [9.17, 15) is 9.90 Å². The third-order valence-corrected chi connectivity index (χ3v) is 2.98. The Morgan fingerprint density at radius 3 is 2.50 bits per heavy atom. The Kier molecular flexibility index (Phi) is 4.25. The Balaban J connectivity index is 2.06. The van der Waals surface area contributed by atoms with E-state index in [-0.39, 0.29) is 11.7 Å². The molecule has 20 heavy (non-hydrogen) atoms. The smallest absolute Gasteiger partial charge is 0.221 e.